The number of benzene rings is 1. The van der Waals surface area contributed by atoms with Crippen molar-refractivity contribution >= 4 is 29.4 Å². The van der Waals surface area contributed by atoms with E-state index in [-0.39, 0.29) is 5.91 Å². The third-order valence-corrected chi connectivity index (χ3v) is 5.95. The lowest BCUT2D eigenvalue weighted by atomic mass is 10.1. The first-order chi connectivity index (χ1) is 12.7. The number of hydrogen-bond donors (Lipinski definition) is 1. The minimum absolute atomic E-state index is 0.175. The summed E-state index contributed by atoms with van der Waals surface area (Å²) < 4.78 is 0. The summed E-state index contributed by atoms with van der Waals surface area (Å²) in [6.45, 7) is 0.596. The minimum atomic E-state index is -0.175. The third-order valence-electron chi connectivity index (χ3n) is 4.17. The average Bonchev–Trinajstić information content (AvgIpc) is 3.52. The number of hydrogen-bond acceptors (Lipinski definition) is 5. The van der Waals surface area contributed by atoms with Crippen LogP contribution in [0.4, 0.5) is 0 Å². The fourth-order valence-corrected chi connectivity index (χ4v) is 4.07. The molecule has 0 atom stereocenters. The molecule has 0 unspecified atom stereocenters. The van der Waals surface area contributed by atoms with Crippen LogP contribution in [0.1, 0.15) is 46.8 Å². The van der Waals surface area contributed by atoms with Crippen molar-refractivity contribution in [2.45, 2.75) is 35.1 Å². The van der Waals surface area contributed by atoms with E-state index in [0.717, 1.165) is 30.7 Å². The number of nitrogens with zero attached hydrogens (tertiary/aromatic N) is 2. The van der Waals surface area contributed by atoms with Gasteiger partial charge in [0.15, 0.2) is 0 Å². The molecule has 1 fully saturated rings. The molecule has 1 aromatic carbocycles. The first kappa shape index (κ1) is 18.8. The van der Waals surface area contributed by atoms with Crippen LogP contribution in [0.3, 0.4) is 0 Å². The summed E-state index contributed by atoms with van der Waals surface area (Å²) in [4.78, 5) is 18.4. The predicted molar refractivity (Wildman–Crippen MR) is 107 cm³/mol. The van der Waals surface area contributed by atoms with E-state index in [0.29, 0.717) is 28.6 Å². The van der Waals surface area contributed by atoms with Crippen LogP contribution >= 0.6 is 23.5 Å². The molecule has 134 valence electrons. The molecule has 0 aliphatic heterocycles. The van der Waals surface area contributed by atoms with Gasteiger partial charge in [0.05, 0.1) is 11.1 Å². The van der Waals surface area contributed by atoms with Crippen molar-refractivity contribution in [2.75, 3.05) is 18.6 Å². The molecule has 1 N–H and O–H groups in total. The Labute approximate surface area is 162 Å². The first-order valence-electron chi connectivity index (χ1n) is 8.68. The van der Waals surface area contributed by atoms with Crippen LogP contribution in [0.2, 0.25) is 0 Å². The number of carbonyl (C=O) groups is 1. The molecular weight excluding hydrogens is 362 g/mol. The summed E-state index contributed by atoms with van der Waals surface area (Å²) in [6, 6.07) is 14.2. The molecule has 0 radical (unpaired) electrons. The van der Waals surface area contributed by atoms with Crippen LogP contribution in [-0.2, 0) is 0 Å². The first-order valence-corrected chi connectivity index (χ1v) is 10.9. The minimum Gasteiger partial charge on any atom is -0.352 e. The van der Waals surface area contributed by atoms with Gasteiger partial charge in [0.1, 0.15) is 11.1 Å². The summed E-state index contributed by atoms with van der Waals surface area (Å²) in [5, 5.41) is 13.1. The van der Waals surface area contributed by atoms with E-state index in [1.807, 2.05) is 30.5 Å². The highest BCUT2D eigenvalue weighted by Crippen LogP contribution is 2.40. The molecule has 6 heteroatoms. The van der Waals surface area contributed by atoms with Crippen LogP contribution < -0.4 is 5.32 Å². The van der Waals surface area contributed by atoms with Gasteiger partial charge in [-0.2, -0.15) is 5.26 Å². The fraction of sp³-hybridized carbons (Fsp3) is 0.350. The van der Waals surface area contributed by atoms with E-state index in [4.69, 9.17) is 0 Å². The SMILES string of the molecule is CSc1nc(C2CC2)cc(C(=O)NCCCSc2ccccc2)c1C#N. The zero-order valence-corrected chi connectivity index (χ0v) is 16.3. The monoisotopic (exact) mass is 383 g/mol. The van der Waals surface area contributed by atoms with E-state index >= 15 is 0 Å². The van der Waals surface area contributed by atoms with Crippen LogP contribution in [0.25, 0.3) is 0 Å². The van der Waals surface area contributed by atoms with E-state index in [1.54, 1.807) is 11.8 Å². The Bertz CT molecular complexity index is 814. The third kappa shape index (κ3) is 4.80. The van der Waals surface area contributed by atoms with Crippen molar-refractivity contribution < 1.29 is 4.79 Å². The standard InChI is InChI=1S/C20H21N3OS2/c1-25-20-17(13-21)16(12-18(23-20)14-8-9-14)19(24)22-10-5-11-26-15-6-3-2-4-7-15/h2-4,6-7,12,14H,5,8-11H2,1H3,(H,22,24). The molecule has 1 aromatic heterocycles. The lowest BCUT2D eigenvalue weighted by Gasteiger charge is -2.11. The maximum Gasteiger partial charge on any atom is 0.252 e. The molecule has 1 amide bonds. The van der Waals surface area contributed by atoms with Crippen LogP contribution in [0.5, 0.6) is 0 Å². The van der Waals surface area contributed by atoms with Crippen molar-refractivity contribution in [3.05, 3.63) is 53.2 Å². The van der Waals surface area contributed by atoms with Gasteiger partial charge in [0.25, 0.3) is 5.91 Å². The maximum absolute atomic E-state index is 12.6. The van der Waals surface area contributed by atoms with Crippen molar-refractivity contribution in [3.63, 3.8) is 0 Å². The Morgan fingerprint density at radius 2 is 2.12 bits per heavy atom. The van der Waals surface area contributed by atoms with Crippen molar-refractivity contribution in [3.8, 4) is 6.07 Å². The van der Waals surface area contributed by atoms with Gasteiger partial charge < -0.3 is 5.32 Å². The fourth-order valence-electron chi connectivity index (χ4n) is 2.64. The number of amides is 1. The summed E-state index contributed by atoms with van der Waals surface area (Å²) in [5.41, 5.74) is 1.79. The Balaban J connectivity index is 1.58. The molecule has 2 aromatic rings. The Hall–Kier alpha value is -1.97. The Kier molecular flexibility index (Phi) is 6.59. The molecule has 1 saturated carbocycles. The lowest BCUT2D eigenvalue weighted by molar-refractivity contribution is 0.0953. The molecule has 1 aliphatic carbocycles. The number of rotatable bonds is 8. The van der Waals surface area contributed by atoms with Gasteiger partial charge in [-0.05, 0) is 49.5 Å². The average molecular weight is 384 g/mol. The second kappa shape index (κ2) is 9.11. The smallest absolute Gasteiger partial charge is 0.252 e. The van der Waals surface area contributed by atoms with Crippen molar-refractivity contribution in [1.82, 2.24) is 10.3 Å². The number of carbonyl (C=O) groups excluding carboxylic acids is 1. The quantitative estimate of drug-likeness (QED) is 0.538. The molecule has 4 nitrogen and oxygen atoms in total. The molecule has 1 aliphatic rings. The van der Waals surface area contributed by atoms with Gasteiger partial charge in [-0.1, -0.05) is 18.2 Å². The molecule has 0 bridgehead atoms. The van der Waals surface area contributed by atoms with Gasteiger partial charge in [0, 0.05) is 23.1 Å². The van der Waals surface area contributed by atoms with Crippen molar-refractivity contribution in [2.24, 2.45) is 0 Å². The maximum atomic E-state index is 12.6. The van der Waals surface area contributed by atoms with Gasteiger partial charge in [0.2, 0.25) is 0 Å². The Morgan fingerprint density at radius 1 is 1.35 bits per heavy atom. The van der Waals surface area contributed by atoms with Crippen LogP contribution in [-0.4, -0.2) is 29.4 Å². The lowest BCUT2D eigenvalue weighted by Crippen LogP contribution is -2.26. The van der Waals surface area contributed by atoms with Gasteiger partial charge >= 0.3 is 0 Å². The summed E-state index contributed by atoms with van der Waals surface area (Å²) in [7, 11) is 0. The van der Waals surface area contributed by atoms with E-state index < -0.39 is 0 Å². The van der Waals surface area contributed by atoms with E-state index in [1.165, 1.54) is 16.7 Å². The summed E-state index contributed by atoms with van der Waals surface area (Å²) >= 11 is 3.20. The van der Waals surface area contributed by atoms with E-state index in [2.05, 4.69) is 28.5 Å². The normalized spacial score (nSPS) is 13.2. The highest BCUT2D eigenvalue weighted by atomic mass is 32.2. The van der Waals surface area contributed by atoms with E-state index in [9.17, 15) is 10.1 Å². The second-order valence-corrected chi connectivity index (χ2v) is 8.10. The zero-order chi connectivity index (χ0) is 18.4. The number of aromatic nitrogens is 1. The van der Waals surface area contributed by atoms with Crippen LogP contribution in [0, 0.1) is 11.3 Å². The Morgan fingerprint density at radius 3 is 2.77 bits per heavy atom. The summed E-state index contributed by atoms with van der Waals surface area (Å²) in [5.74, 6) is 1.21. The van der Waals surface area contributed by atoms with Gasteiger partial charge in [-0.3, -0.25) is 4.79 Å². The summed E-state index contributed by atoms with van der Waals surface area (Å²) in [6.07, 6.45) is 5.00. The number of thioether (sulfide) groups is 2. The molecular formula is C20H21N3OS2. The van der Waals surface area contributed by atoms with Gasteiger partial charge in [-0.25, -0.2) is 4.98 Å². The largest absolute Gasteiger partial charge is 0.352 e. The number of nitrogens with one attached hydrogen (secondary N) is 1. The predicted octanol–water partition coefficient (Wildman–Crippen LogP) is 4.46. The molecule has 3 rings (SSSR count). The zero-order valence-electron chi connectivity index (χ0n) is 14.7. The number of pyridine rings is 1. The second-order valence-electron chi connectivity index (χ2n) is 6.14. The van der Waals surface area contributed by atoms with Crippen molar-refractivity contribution in [1.29, 1.82) is 5.26 Å². The topological polar surface area (TPSA) is 65.8 Å². The number of nitriles is 1. The van der Waals surface area contributed by atoms with Crippen LogP contribution in [0.15, 0.2) is 46.3 Å². The highest BCUT2D eigenvalue weighted by molar-refractivity contribution is 7.99. The highest BCUT2D eigenvalue weighted by Gasteiger charge is 2.28. The molecule has 1 heterocycles. The molecule has 26 heavy (non-hydrogen) atoms. The van der Waals surface area contributed by atoms with Gasteiger partial charge in [-0.15, -0.1) is 23.5 Å². The molecule has 0 saturated heterocycles. The molecule has 0 spiro atoms.